The van der Waals surface area contributed by atoms with Gasteiger partial charge in [-0.05, 0) is 7.05 Å². The van der Waals surface area contributed by atoms with E-state index in [0.29, 0.717) is 6.54 Å². The van der Waals surface area contributed by atoms with Crippen LogP contribution in [0, 0.1) is 0 Å². The van der Waals surface area contributed by atoms with Crippen LogP contribution < -0.4 is 5.32 Å². The van der Waals surface area contributed by atoms with Crippen LogP contribution in [0.15, 0.2) is 24.0 Å². The van der Waals surface area contributed by atoms with E-state index in [9.17, 15) is 4.79 Å². The quantitative estimate of drug-likeness (QED) is 0.889. The van der Waals surface area contributed by atoms with E-state index in [4.69, 9.17) is 0 Å². The molecule has 9 heteroatoms. The van der Waals surface area contributed by atoms with Crippen molar-refractivity contribution in [3.05, 3.63) is 34.5 Å². The molecular weight excluding hydrogens is 333 g/mol. The monoisotopic (exact) mass is 351 g/mol. The lowest BCUT2D eigenvalue weighted by Crippen LogP contribution is -2.37. The lowest BCUT2D eigenvalue weighted by Gasteiger charge is -2.22. The number of amides is 1. The predicted octanol–water partition coefficient (Wildman–Crippen LogP) is 1.64. The summed E-state index contributed by atoms with van der Waals surface area (Å²) in [6.45, 7) is 0.523. The molecule has 0 saturated carbocycles. The van der Waals surface area contributed by atoms with Gasteiger partial charge in [0.1, 0.15) is 11.0 Å². The molecule has 21 heavy (non-hydrogen) atoms. The third kappa shape index (κ3) is 4.96. The number of nitrogens with zero attached hydrogens (tertiary/aromatic N) is 4. The second-order valence-corrected chi connectivity index (χ2v) is 5.27. The average Bonchev–Trinajstić information content (AvgIpc) is 3.02. The summed E-state index contributed by atoms with van der Waals surface area (Å²) in [7, 11) is 5.39. The number of thiazole rings is 1. The van der Waals surface area contributed by atoms with Gasteiger partial charge in [0.15, 0.2) is 0 Å². The molecule has 1 amide bonds. The summed E-state index contributed by atoms with van der Waals surface area (Å²) < 4.78 is 1.69. The van der Waals surface area contributed by atoms with Gasteiger partial charge in [-0.3, -0.25) is 9.48 Å². The minimum absolute atomic E-state index is 0. The Morgan fingerprint density at radius 2 is 2.24 bits per heavy atom. The number of hydrogen-bond donors (Lipinski definition) is 1. The molecule has 0 radical (unpaired) electrons. The molecule has 0 bridgehead atoms. The Bertz CT molecular complexity index is 546. The Morgan fingerprint density at radius 3 is 2.71 bits per heavy atom. The van der Waals surface area contributed by atoms with Crippen LogP contribution in [0.25, 0.3) is 0 Å². The van der Waals surface area contributed by atoms with Crippen molar-refractivity contribution >= 4 is 42.1 Å². The Morgan fingerprint density at radius 1 is 1.52 bits per heavy atom. The number of halogens is 2. The fourth-order valence-corrected chi connectivity index (χ4v) is 2.52. The van der Waals surface area contributed by atoms with Gasteiger partial charge in [0.25, 0.3) is 0 Å². The van der Waals surface area contributed by atoms with E-state index in [2.05, 4.69) is 15.4 Å². The summed E-state index contributed by atoms with van der Waals surface area (Å²) >= 11 is 1.55. The van der Waals surface area contributed by atoms with Crippen LogP contribution in [0.5, 0.6) is 0 Å². The van der Waals surface area contributed by atoms with Gasteiger partial charge in [0.05, 0.1) is 12.7 Å². The van der Waals surface area contributed by atoms with Crippen molar-refractivity contribution < 1.29 is 4.79 Å². The molecule has 0 aromatic carbocycles. The van der Waals surface area contributed by atoms with Crippen molar-refractivity contribution in [1.82, 2.24) is 25.0 Å². The van der Waals surface area contributed by atoms with Gasteiger partial charge < -0.3 is 10.2 Å². The van der Waals surface area contributed by atoms with Crippen LogP contribution >= 0.6 is 36.2 Å². The highest BCUT2D eigenvalue weighted by molar-refractivity contribution is 7.09. The number of nitrogens with one attached hydrogen (secondary N) is 1. The van der Waals surface area contributed by atoms with E-state index in [1.165, 1.54) is 0 Å². The first-order chi connectivity index (χ1) is 9.11. The summed E-state index contributed by atoms with van der Waals surface area (Å²) in [5.41, 5.74) is 0.862. The highest BCUT2D eigenvalue weighted by atomic mass is 35.5. The molecule has 0 spiro atoms. The number of carbonyl (C=O) groups excluding carboxylic acids is 1. The maximum atomic E-state index is 12.4. The maximum absolute atomic E-state index is 12.4. The van der Waals surface area contributed by atoms with Gasteiger partial charge in [0.2, 0.25) is 5.91 Å². The molecule has 2 aromatic rings. The second kappa shape index (κ2) is 8.99. The Hall–Kier alpha value is -1.15. The molecule has 2 rings (SSSR count). The van der Waals surface area contributed by atoms with Crippen molar-refractivity contribution in [3.8, 4) is 0 Å². The predicted molar refractivity (Wildman–Crippen MR) is 88.1 cm³/mol. The van der Waals surface area contributed by atoms with Crippen molar-refractivity contribution in [2.75, 3.05) is 14.1 Å². The Kier molecular flexibility index (Phi) is 8.50. The average molecular weight is 352 g/mol. The molecule has 0 saturated heterocycles. The molecule has 6 nitrogen and oxygen atoms in total. The Balaban J connectivity index is 0.00000200. The van der Waals surface area contributed by atoms with E-state index in [0.717, 1.165) is 10.6 Å². The molecule has 0 aliphatic carbocycles. The van der Waals surface area contributed by atoms with Gasteiger partial charge in [-0.15, -0.1) is 36.2 Å². The normalized spacial score (nSPS) is 11.2. The van der Waals surface area contributed by atoms with Crippen molar-refractivity contribution in [1.29, 1.82) is 0 Å². The van der Waals surface area contributed by atoms with Gasteiger partial charge in [-0.2, -0.15) is 5.10 Å². The fourth-order valence-electron chi connectivity index (χ4n) is 1.85. The minimum Gasteiger partial charge on any atom is -0.337 e. The molecule has 2 heterocycles. The zero-order valence-corrected chi connectivity index (χ0v) is 14.5. The molecule has 1 N–H and O–H groups in total. The molecule has 2 aromatic heterocycles. The number of aryl methyl sites for hydroxylation is 1. The maximum Gasteiger partial charge on any atom is 0.244 e. The molecule has 0 aliphatic heterocycles. The molecule has 118 valence electrons. The number of likely N-dealkylation sites (N-methyl/N-ethyl adjacent to an activating group) is 2. The first kappa shape index (κ1) is 19.9. The van der Waals surface area contributed by atoms with Crippen LogP contribution in [0.2, 0.25) is 0 Å². The topological polar surface area (TPSA) is 63.1 Å². The van der Waals surface area contributed by atoms with Crippen molar-refractivity contribution in [2.24, 2.45) is 7.05 Å². The largest absolute Gasteiger partial charge is 0.337 e. The van der Waals surface area contributed by atoms with Crippen LogP contribution in [-0.2, 0) is 18.4 Å². The van der Waals surface area contributed by atoms with Crippen molar-refractivity contribution in [2.45, 2.75) is 12.6 Å². The molecular formula is C12H19Cl2N5OS. The van der Waals surface area contributed by atoms with Crippen LogP contribution in [0.1, 0.15) is 16.6 Å². The van der Waals surface area contributed by atoms with Gasteiger partial charge in [-0.1, -0.05) is 0 Å². The van der Waals surface area contributed by atoms with E-state index < -0.39 is 0 Å². The summed E-state index contributed by atoms with van der Waals surface area (Å²) in [5, 5.41) is 9.96. The smallest absolute Gasteiger partial charge is 0.244 e. The van der Waals surface area contributed by atoms with Gasteiger partial charge in [-0.25, -0.2) is 4.98 Å². The molecule has 0 fully saturated rings. The standard InChI is InChI=1S/C12H17N5OS.2ClH/c1-13-11(9-6-15-17(3)7-9)12(18)16(2)8-10-14-4-5-19-10;;/h4-7,11,13H,8H2,1-3H3;2*1H. The summed E-state index contributed by atoms with van der Waals surface area (Å²) in [6, 6.07) is -0.376. The highest BCUT2D eigenvalue weighted by Gasteiger charge is 2.23. The van der Waals surface area contributed by atoms with E-state index in [1.54, 1.807) is 47.4 Å². The van der Waals surface area contributed by atoms with Crippen molar-refractivity contribution in [3.63, 3.8) is 0 Å². The minimum atomic E-state index is -0.376. The van der Waals surface area contributed by atoms with Gasteiger partial charge in [0, 0.05) is 37.4 Å². The summed E-state index contributed by atoms with van der Waals surface area (Å²) in [6.07, 6.45) is 5.29. The first-order valence-corrected chi connectivity index (χ1v) is 6.79. The van der Waals surface area contributed by atoms with Crippen LogP contribution in [-0.4, -0.2) is 39.7 Å². The summed E-state index contributed by atoms with van der Waals surface area (Å²) in [5.74, 6) is 0.00528. The molecule has 0 aliphatic rings. The molecule has 1 atom stereocenters. The zero-order chi connectivity index (χ0) is 13.8. The lowest BCUT2D eigenvalue weighted by molar-refractivity contribution is -0.132. The van der Waals surface area contributed by atoms with Crippen LogP contribution in [0.4, 0.5) is 0 Å². The Labute approximate surface area is 140 Å². The summed E-state index contributed by atoms with van der Waals surface area (Å²) in [4.78, 5) is 18.3. The number of aromatic nitrogens is 3. The SMILES string of the molecule is CNC(C(=O)N(C)Cc1nccs1)c1cnn(C)c1.Cl.Cl. The first-order valence-electron chi connectivity index (χ1n) is 5.91. The van der Waals surface area contributed by atoms with E-state index in [1.807, 2.05) is 18.6 Å². The van der Waals surface area contributed by atoms with E-state index in [-0.39, 0.29) is 36.8 Å². The second-order valence-electron chi connectivity index (χ2n) is 4.29. The number of hydrogen-bond acceptors (Lipinski definition) is 5. The van der Waals surface area contributed by atoms with Crippen LogP contribution in [0.3, 0.4) is 0 Å². The van der Waals surface area contributed by atoms with E-state index >= 15 is 0 Å². The zero-order valence-electron chi connectivity index (χ0n) is 12.0. The molecule has 1 unspecified atom stereocenters. The highest BCUT2D eigenvalue weighted by Crippen LogP contribution is 2.16. The number of rotatable bonds is 5. The van der Waals surface area contributed by atoms with Gasteiger partial charge >= 0.3 is 0 Å². The number of carbonyl (C=O) groups is 1. The third-order valence-electron chi connectivity index (χ3n) is 2.83. The lowest BCUT2D eigenvalue weighted by atomic mass is 10.1. The third-order valence-corrected chi connectivity index (χ3v) is 3.59. The fraction of sp³-hybridized carbons (Fsp3) is 0.417.